The van der Waals surface area contributed by atoms with Gasteiger partial charge in [-0.15, -0.1) is 6.58 Å². The Morgan fingerprint density at radius 1 is 1.31 bits per heavy atom. The maximum atomic E-state index is 13.7. The van der Waals surface area contributed by atoms with Crippen molar-refractivity contribution in [3.63, 3.8) is 0 Å². The summed E-state index contributed by atoms with van der Waals surface area (Å²) in [6, 6.07) is 10.4. The topological polar surface area (TPSA) is 110 Å². The van der Waals surface area contributed by atoms with Gasteiger partial charge in [-0.3, -0.25) is 4.79 Å². The molecule has 0 spiro atoms. The van der Waals surface area contributed by atoms with Gasteiger partial charge in [-0.2, -0.15) is 5.23 Å². The van der Waals surface area contributed by atoms with Crippen LogP contribution in [-0.2, 0) is 9.53 Å². The number of rotatable bonds is 8. The van der Waals surface area contributed by atoms with Crippen LogP contribution in [0.4, 0.5) is 5.69 Å². The normalized spacial score (nSPS) is 21.7. The fraction of sp³-hybridized carbons (Fsp3) is 0.290. The van der Waals surface area contributed by atoms with Crippen molar-refractivity contribution in [1.29, 1.82) is 0 Å². The lowest BCUT2D eigenvalue weighted by Gasteiger charge is -2.40. The zero-order valence-electron chi connectivity index (χ0n) is 22.0. The van der Waals surface area contributed by atoms with E-state index in [1.54, 1.807) is 13.0 Å². The molecule has 0 saturated carbocycles. The number of hydrogen-bond donors (Lipinski definition) is 2. The largest absolute Gasteiger partial charge is 0.595 e. The number of carbonyl (C=O) groups is 2. The van der Waals surface area contributed by atoms with Gasteiger partial charge >= 0.3 is 5.97 Å². The van der Waals surface area contributed by atoms with Crippen LogP contribution >= 0.6 is 0 Å². The second-order valence-corrected chi connectivity index (χ2v) is 10.4. The van der Waals surface area contributed by atoms with Gasteiger partial charge in [0.15, 0.2) is 17.2 Å². The highest BCUT2D eigenvalue weighted by Crippen LogP contribution is 2.48. The Kier molecular flexibility index (Phi) is 7.03. The van der Waals surface area contributed by atoms with Crippen molar-refractivity contribution in [2.45, 2.75) is 39.2 Å². The fourth-order valence-corrected chi connectivity index (χ4v) is 6.01. The Hall–Kier alpha value is -3.98. The molecule has 2 N–H and O–H groups in total. The molecule has 8 nitrogen and oxygen atoms in total. The van der Waals surface area contributed by atoms with Gasteiger partial charge in [-0.1, -0.05) is 55.5 Å². The number of aldehydes is 1. The first-order chi connectivity index (χ1) is 18.7. The molecular formula is C31H31NO7. The maximum absolute atomic E-state index is 13.7. The number of carbonyl (C=O) groups excluding carboxylic acids is 2. The Bertz CT molecular complexity index is 1540. The molecular weight excluding hydrogens is 498 g/mol. The van der Waals surface area contributed by atoms with Crippen LogP contribution in [-0.4, -0.2) is 30.4 Å². The van der Waals surface area contributed by atoms with E-state index in [1.807, 2.05) is 30.3 Å². The molecule has 39 heavy (non-hydrogen) atoms. The van der Waals surface area contributed by atoms with Gasteiger partial charge in [0.25, 0.3) is 0 Å². The van der Waals surface area contributed by atoms with Crippen molar-refractivity contribution in [1.82, 2.24) is 0 Å². The first-order valence-corrected chi connectivity index (χ1v) is 12.9. The van der Waals surface area contributed by atoms with Crippen LogP contribution in [0, 0.1) is 16.5 Å². The summed E-state index contributed by atoms with van der Waals surface area (Å²) in [4.78, 5) is 25.3. The molecule has 0 aromatic heterocycles. The number of esters is 1. The number of allylic oxidation sites excluding steroid dienone is 3. The average Bonchev–Trinajstić information content (AvgIpc) is 3.40. The molecule has 0 fully saturated rings. The third-order valence-corrected chi connectivity index (χ3v) is 7.85. The van der Waals surface area contributed by atoms with Gasteiger partial charge in [-0.05, 0) is 47.6 Å². The van der Waals surface area contributed by atoms with E-state index >= 15 is 0 Å². The molecule has 1 heterocycles. The van der Waals surface area contributed by atoms with E-state index in [9.17, 15) is 20.0 Å². The summed E-state index contributed by atoms with van der Waals surface area (Å²) in [5.41, 5.74) is 1.15. The summed E-state index contributed by atoms with van der Waals surface area (Å²) in [7, 11) is 0. The van der Waals surface area contributed by atoms with Gasteiger partial charge in [-0.25, -0.2) is 10.0 Å². The average molecular weight is 530 g/mol. The molecule has 1 aliphatic heterocycles. The first kappa shape index (κ1) is 26.6. The van der Waals surface area contributed by atoms with Gasteiger partial charge < -0.3 is 19.4 Å². The highest BCUT2D eigenvalue weighted by molar-refractivity contribution is 6.21. The first-order valence-electron chi connectivity index (χ1n) is 12.9. The monoisotopic (exact) mass is 529 g/mol. The zero-order valence-corrected chi connectivity index (χ0v) is 22.0. The van der Waals surface area contributed by atoms with E-state index in [-0.39, 0.29) is 34.8 Å². The van der Waals surface area contributed by atoms with Crippen LogP contribution in [0.25, 0.3) is 21.5 Å². The number of ether oxygens (including phenoxy) is 3. The van der Waals surface area contributed by atoms with Crippen molar-refractivity contribution in [2.75, 3.05) is 6.79 Å². The van der Waals surface area contributed by atoms with Gasteiger partial charge in [0.2, 0.25) is 6.79 Å². The Morgan fingerprint density at radius 2 is 2.08 bits per heavy atom. The SMILES string of the molecule is C=C[C@@]1(C)CCC=C(C[C@@H](C)OC(=O)c2cc3c(c4c2c([NH+]([O-])O)cc2ccccc24)OCO3)[C@H]1C(=C)C=O. The lowest BCUT2D eigenvalue weighted by Crippen LogP contribution is -2.99. The van der Waals surface area contributed by atoms with Crippen molar-refractivity contribution in [3.8, 4) is 11.5 Å². The van der Waals surface area contributed by atoms with Crippen LogP contribution < -0.4 is 14.7 Å². The van der Waals surface area contributed by atoms with E-state index in [2.05, 4.69) is 26.2 Å². The predicted octanol–water partition coefficient (Wildman–Crippen LogP) is 5.34. The number of nitrogens with one attached hydrogen (secondary N) is 1. The van der Waals surface area contributed by atoms with Crippen LogP contribution in [0.15, 0.2) is 72.9 Å². The third kappa shape index (κ3) is 4.61. The Balaban J connectivity index is 1.54. The van der Waals surface area contributed by atoms with Crippen LogP contribution in [0.1, 0.15) is 43.5 Å². The molecule has 5 rings (SSSR count). The van der Waals surface area contributed by atoms with Crippen molar-refractivity contribution in [2.24, 2.45) is 11.3 Å². The number of fused-ring (bicyclic) bond motifs is 5. The number of benzene rings is 3. The highest BCUT2D eigenvalue weighted by Gasteiger charge is 2.38. The Morgan fingerprint density at radius 3 is 2.79 bits per heavy atom. The van der Waals surface area contributed by atoms with Gasteiger partial charge in [0.1, 0.15) is 12.4 Å². The Labute approximate surface area is 226 Å². The molecule has 0 radical (unpaired) electrons. The van der Waals surface area contributed by atoms with Gasteiger partial charge in [0.05, 0.1) is 10.9 Å². The minimum atomic E-state index is -1.17. The smallest absolute Gasteiger partial charge is 0.339 e. The number of quaternary nitrogens is 1. The summed E-state index contributed by atoms with van der Waals surface area (Å²) in [5, 5.41) is 23.5. The minimum Gasteiger partial charge on any atom is -0.595 e. The molecule has 4 atom stereocenters. The molecule has 3 aromatic carbocycles. The van der Waals surface area contributed by atoms with Crippen molar-refractivity contribution < 1.29 is 34.2 Å². The van der Waals surface area contributed by atoms with Crippen LogP contribution in [0.3, 0.4) is 0 Å². The van der Waals surface area contributed by atoms with E-state index in [0.29, 0.717) is 34.3 Å². The molecule has 1 unspecified atom stereocenters. The fourth-order valence-electron chi connectivity index (χ4n) is 6.01. The summed E-state index contributed by atoms with van der Waals surface area (Å²) >= 11 is 0. The second kappa shape index (κ2) is 10.3. The van der Waals surface area contributed by atoms with Crippen LogP contribution in [0.2, 0.25) is 0 Å². The molecule has 2 aliphatic rings. The van der Waals surface area contributed by atoms with Gasteiger partial charge in [0, 0.05) is 23.8 Å². The zero-order chi connectivity index (χ0) is 27.9. The number of hydrogen-bond acceptors (Lipinski definition) is 7. The molecule has 1 aliphatic carbocycles. The lowest BCUT2D eigenvalue weighted by molar-refractivity contribution is -0.990. The van der Waals surface area contributed by atoms with E-state index in [0.717, 1.165) is 30.1 Å². The second-order valence-electron chi connectivity index (χ2n) is 10.4. The van der Waals surface area contributed by atoms with E-state index in [4.69, 9.17) is 14.2 Å². The molecule has 3 aromatic rings. The predicted molar refractivity (Wildman–Crippen MR) is 147 cm³/mol. The van der Waals surface area contributed by atoms with E-state index in [1.165, 1.54) is 6.07 Å². The summed E-state index contributed by atoms with van der Waals surface area (Å²) in [6.45, 7) is 11.8. The molecule has 202 valence electrons. The molecule has 0 amide bonds. The molecule has 8 heteroatoms. The molecule has 0 bridgehead atoms. The molecule has 0 saturated heterocycles. The highest BCUT2D eigenvalue weighted by atomic mass is 16.8. The van der Waals surface area contributed by atoms with Crippen molar-refractivity contribution in [3.05, 3.63) is 83.6 Å². The summed E-state index contributed by atoms with van der Waals surface area (Å²) in [5.74, 6) is -0.148. The van der Waals surface area contributed by atoms with E-state index < -0.39 is 17.3 Å². The summed E-state index contributed by atoms with van der Waals surface area (Å²) in [6.07, 6.45) is 6.20. The quantitative estimate of drug-likeness (QED) is 0.101. The summed E-state index contributed by atoms with van der Waals surface area (Å²) < 4.78 is 17.3. The minimum absolute atomic E-state index is 0.0271. The standard InChI is InChI=1S/C31H31NO7/c1-5-31(4)12-8-10-21(28(31)18(2)16-33)13-19(3)39-30(34)23-15-25-29(38-17-37-25)27-22-11-7-6-9-20(22)14-24(26(23)27)32(35)36/h5-7,9-11,14-16,19,28,32,35H,1-2,8,12-13,17H2,3-4H3/t19-,28-,31+/m1/s1. The maximum Gasteiger partial charge on any atom is 0.339 e. The van der Waals surface area contributed by atoms with Crippen molar-refractivity contribution >= 4 is 39.5 Å². The van der Waals surface area contributed by atoms with Crippen LogP contribution in [0.5, 0.6) is 11.5 Å². The lowest BCUT2D eigenvalue weighted by atomic mass is 9.64. The third-order valence-electron chi connectivity index (χ3n) is 7.85.